The van der Waals surface area contributed by atoms with Gasteiger partial charge in [-0.1, -0.05) is 12.1 Å². The number of aliphatic hydroxyl groups excluding tert-OH is 8. The first-order valence-electron chi connectivity index (χ1n) is 33.4. The number of H-pyrrole nitrogens is 2. The predicted octanol–water partition coefficient (Wildman–Crippen LogP) is -7.63. The number of aliphatic hydroxyl groups is 8. The SMILES string of the molecule is CN(C)N=Nc1nc[nH]c1C(N)=O.Cc1c(N)nc([C@H](CC(N)=O)NC[C@H](N)C(N)=O)nc1C(=O)N[C@H](C(=O)N[C@H](C)[C@@H](O)[C@H](C)C(=O)N[C@H](C(=O)NCCc1nc(-c2nc(C(=O)NCCC[S+](C)C)cs2)cs1)[C@@H](C)O)[C@@H](O[C@@H]1O[C@@H](CO)[C@H](O)[C@@H](O)[C@@H]1O[C@@H]1O[C@@H](CO)[C@H](O)[C@@H](OC(N)=O)[C@@H]1O)c1cnc[nH]1. The Morgan fingerprint density at radius 3 is 2.08 bits per heavy atom. The van der Waals surface area contributed by atoms with Crippen LogP contribution >= 0.6 is 22.7 Å². The van der Waals surface area contributed by atoms with Gasteiger partial charge in [0.15, 0.2) is 24.4 Å². The van der Waals surface area contributed by atoms with E-state index >= 15 is 4.79 Å². The zero-order valence-corrected chi connectivity index (χ0v) is 62.7. The van der Waals surface area contributed by atoms with Gasteiger partial charge in [0, 0.05) is 69.3 Å². The number of carbonyl (C=O) groups excluding carboxylic acids is 9. The summed E-state index contributed by atoms with van der Waals surface area (Å²) in [6.07, 6.45) is -18.6. The molecule has 7 rings (SSSR count). The van der Waals surface area contributed by atoms with Crippen molar-refractivity contribution in [2.24, 2.45) is 44.9 Å². The van der Waals surface area contributed by atoms with Crippen LogP contribution in [0.5, 0.6) is 0 Å². The van der Waals surface area contributed by atoms with Crippen molar-refractivity contribution in [2.45, 2.75) is 157 Å². The highest BCUT2D eigenvalue weighted by Crippen LogP contribution is 2.35. The molecule has 2 fully saturated rings. The van der Waals surface area contributed by atoms with Crippen LogP contribution < -0.4 is 66.3 Å². The number of thiazole rings is 2. The zero-order chi connectivity index (χ0) is 80.8. The fraction of sp³-hybridized carbons (Fsp3) is 0.590. The number of nitrogens with one attached hydrogen (secondary N) is 8. The van der Waals surface area contributed by atoms with Crippen molar-refractivity contribution in [1.82, 2.24) is 76.8 Å². The van der Waals surface area contributed by atoms with Crippen LogP contribution in [0.3, 0.4) is 0 Å². The molecule has 0 saturated carbocycles. The van der Waals surface area contributed by atoms with Crippen LogP contribution in [-0.2, 0) is 65.0 Å². The number of nitrogens with zero attached hydrogens (tertiary/aromatic N) is 9. The number of imidazole rings is 2. The minimum atomic E-state index is -2.20. The van der Waals surface area contributed by atoms with Crippen LogP contribution in [0.25, 0.3) is 10.7 Å². The van der Waals surface area contributed by atoms with Crippen molar-refractivity contribution in [3.63, 3.8) is 0 Å². The molecule has 0 spiro atoms. The summed E-state index contributed by atoms with van der Waals surface area (Å²) < 4.78 is 28.7. The molecule has 28 N–H and O–H groups in total. The number of amides is 9. The molecule has 2 aliphatic heterocycles. The number of nitrogens with two attached hydrogens (primary N) is 6. The molecule has 5 aromatic rings. The molecule has 109 heavy (non-hydrogen) atoms. The van der Waals surface area contributed by atoms with E-state index in [1.54, 1.807) is 24.9 Å². The fourth-order valence-corrected chi connectivity index (χ4v) is 12.8. The van der Waals surface area contributed by atoms with Crippen LogP contribution in [0.15, 0.2) is 39.9 Å². The van der Waals surface area contributed by atoms with E-state index in [1.807, 2.05) is 0 Å². The van der Waals surface area contributed by atoms with Crippen molar-refractivity contribution >= 4 is 98.6 Å². The van der Waals surface area contributed by atoms with Gasteiger partial charge in [0.05, 0.1) is 91.5 Å². The van der Waals surface area contributed by atoms with Crippen molar-refractivity contribution < 1.29 is 108 Å². The number of aromatic amines is 2. The van der Waals surface area contributed by atoms with E-state index in [-0.39, 0.29) is 76.4 Å². The quantitative estimate of drug-likeness (QED) is 0.00755. The first kappa shape index (κ1) is 88.7. The van der Waals surface area contributed by atoms with Gasteiger partial charge in [-0.2, -0.15) is 0 Å². The zero-order valence-electron chi connectivity index (χ0n) is 60.2. The largest absolute Gasteiger partial charge is 0.441 e. The minimum absolute atomic E-state index is 0.00498. The number of hydrogen-bond acceptors (Lipinski definition) is 35. The molecule has 0 radical (unpaired) electrons. The van der Waals surface area contributed by atoms with Gasteiger partial charge in [0.1, 0.15) is 100 Å². The molecule has 0 unspecified atom stereocenters. The Kier molecular flexibility index (Phi) is 33.8. The van der Waals surface area contributed by atoms with Crippen molar-refractivity contribution in [3.8, 4) is 10.7 Å². The molecule has 48 heteroatoms. The Hall–Kier alpha value is -9.22. The number of carbonyl (C=O) groups is 9. The Balaban J connectivity index is 0.00000129. The number of hydrogen-bond donors (Lipinski definition) is 22. The van der Waals surface area contributed by atoms with Crippen LogP contribution in [0.2, 0.25) is 0 Å². The van der Waals surface area contributed by atoms with Gasteiger partial charge < -0.3 is 141 Å². The van der Waals surface area contributed by atoms with Crippen LogP contribution in [-0.4, -0.2) is 302 Å². The fourth-order valence-electron chi connectivity index (χ4n) is 10.5. The third kappa shape index (κ3) is 24.9. The number of aromatic nitrogens is 8. The van der Waals surface area contributed by atoms with Gasteiger partial charge in [-0.25, -0.2) is 34.7 Å². The molecule has 9 amide bonds. The van der Waals surface area contributed by atoms with Crippen molar-refractivity contribution in [2.75, 3.05) is 70.9 Å². The van der Waals surface area contributed by atoms with Crippen LogP contribution in [0.4, 0.5) is 16.4 Å². The van der Waals surface area contributed by atoms with E-state index in [1.165, 1.54) is 61.7 Å². The highest BCUT2D eigenvalue weighted by Gasteiger charge is 2.54. The molecule has 602 valence electrons. The topological polar surface area (TPSA) is 727 Å². The third-order valence-electron chi connectivity index (χ3n) is 16.5. The average molecular weight is 1600 g/mol. The number of primary amides is 4. The molecule has 0 bridgehead atoms. The van der Waals surface area contributed by atoms with Gasteiger partial charge in [-0.3, -0.25) is 43.4 Å². The Morgan fingerprint density at radius 1 is 0.780 bits per heavy atom. The van der Waals surface area contributed by atoms with E-state index in [4.69, 9.17) is 58.1 Å². The van der Waals surface area contributed by atoms with E-state index in [9.17, 15) is 79.2 Å². The number of anilines is 1. The first-order valence-corrected chi connectivity index (χ1v) is 37.3. The van der Waals surface area contributed by atoms with E-state index < -0.39 is 189 Å². The normalized spacial score (nSPS) is 22.4. The summed E-state index contributed by atoms with van der Waals surface area (Å²) in [5.41, 5.74) is 33.3. The number of nitrogen functional groups attached to an aromatic ring is 1. The number of rotatable bonds is 38. The van der Waals surface area contributed by atoms with Crippen LogP contribution in [0.1, 0.15) is 99.3 Å². The molecule has 5 aromatic heterocycles. The maximum absolute atomic E-state index is 15.2. The lowest BCUT2D eigenvalue weighted by atomic mass is 9.96. The standard InChI is InChI=1S/C55H83N17O21S3.C6H10N6O/c1-20-33(69-46(72-44(20)58)25(12-31(57)76)64-13-24(56)45(59)82)50(86)71-35(41(26-14-61-19-65-26)91-54-43(39(80)37(78)29(15-73)90-54)92-53-40(81)42(93-55(60)88)38(79)30(16-74)89-53)51(87)66-22(3)36(77)21(2)47(83)70-34(23(4)75)49(85)63-10-8-32-67-28(18-94-32)52-68-27(17-95-52)48(84)62-9-7-11-96(5)6;1-12(2)11-10-6-4(5(7)13)8-3-9-6/h14,17-19,21-25,29-30,34-43,53-54,64,73-75,77-81H,7-13,15-16,56H2,1-6H3,(H13-,57,58,59,60,61,62,63,65,66,69,70,71,72,76,82,83,84,85,86,87,88);3H,1-2H3,(H2,7,13)(H,8,9)/p+1/t21-,22+,23+,24-,25-,29-,30-,34-,35-,36-,37-,38-,39+,40-,41-,42+,43-,53-,54-;/m0./s1. The van der Waals surface area contributed by atoms with Gasteiger partial charge in [0.2, 0.25) is 35.4 Å². The lowest BCUT2D eigenvalue weighted by molar-refractivity contribution is -0.372. The van der Waals surface area contributed by atoms with Gasteiger partial charge in [0.25, 0.3) is 17.7 Å². The molecule has 19 atom stereocenters. The lowest BCUT2D eigenvalue weighted by Crippen LogP contribution is -2.65. The minimum Gasteiger partial charge on any atom is -0.441 e. The molecule has 2 aliphatic rings. The summed E-state index contributed by atoms with van der Waals surface area (Å²) in [6, 6.07) is -7.85. The maximum Gasteiger partial charge on any atom is 0.404 e. The lowest BCUT2D eigenvalue weighted by Gasteiger charge is -2.47. The predicted molar refractivity (Wildman–Crippen MR) is 384 cm³/mol. The molecular formula is C61H94N23O22S3+. The Labute approximate surface area is 632 Å². The molecule has 0 aliphatic carbocycles. The van der Waals surface area contributed by atoms with Gasteiger partial charge in [-0.05, 0) is 31.7 Å². The monoisotopic (exact) mass is 1600 g/mol. The summed E-state index contributed by atoms with van der Waals surface area (Å²) in [6.45, 7) is 3.18. The second-order valence-corrected chi connectivity index (χ2v) is 29.5. The molecule has 45 nitrogen and oxygen atoms in total. The molecule has 7 heterocycles. The third-order valence-corrected chi connectivity index (χ3v) is 19.3. The smallest absolute Gasteiger partial charge is 0.404 e. The van der Waals surface area contributed by atoms with Crippen molar-refractivity contribution in [3.05, 3.63) is 68.8 Å². The Morgan fingerprint density at radius 2 is 1.47 bits per heavy atom. The highest BCUT2D eigenvalue weighted by atomic mass is 32.2. The van der Waals surface area contributed by atoms with E-state index in [0.29, 0.717) is 22.3 Å². The summed E-state index contributed by atoms with van der Waals surface area (Å²) in [5, 5.41) is 117. The van der Waals surface area contributed by atoms with E-state index in [0.717, 1.165) is 24.7 Å². The molecule has 2 saturated heterocycles. The molecular weight excluding hydrogens is 1500 g/mol. The summed E-state index contributed by atoms with van der Waals surface area (Å²) in [5.74, 6) is -8.10. The maximum atomic E-state index is 15.2. The second kappa shape index (κ2) is 41.5. The van der Waals surface area contributed by atoms with E-state index in [2.05, 4.69) is 94.6 Å². The first-order chi connectivity index (χ1) is 51.5. The Bertz CT molecular complexity index is 3890. The highest BCUT2D eigenvalue weighted by molar-refractivity contribution is 7.95. The summed E-state index contributed by atoms with van der Waals surface area (Å²) >= 11 is 2.52. The summed E-state index contributed by atoms with van der Waals surface area (Å²) in [7, 11) is 3.67. The van der Waals surface area contributed by atoms with Crippen LogP contribution in [0, 0.1) is 12.8 Å². The molecule has 0 aromatic carbocycles. The van der Waals surface area contributed by atoms with Gasteiger partial charge in [-0.15, -0.1) is 27.8 Å². The average Bonchev–Trinajstić information content (AvgIpc) is 1.31. The van der Waals surface area contributed by atoms with Gasteiger partial charge >= 0.3 is 6.09 Å². The summed E-state index contributed by atoms with van der Waals surface area (Å²) in [4.78, 5) is 148. The number of ether oxygens (including phenoxy) is 5. The second-order valence-electron chi connectivity index (χ2n) is 25.3. The van der Waals surface area contributed by atoms with Crippen molar-refractivity contribution in [1.29, 1.82) is 0 Å².